The van der Waals surface area contributed by atoms with Gasteiger partial charge < -0.3 is 20.4 Å². The minimum Gasteiger partial charge on any atom is -0.352 e. The zero-order valence-corrected chi connectivity index (χ0v) is 18.8. The molecular weight excluding hydrogens is 404 g/mol. The Bertz CT molecular complexity index is 911. The van der Waals surface area contributed by atoms with Gasteiger partial charge in [-0.15, -0.1) is 0 Å². The summed E-state index contributed by atoms with van der Waals surface area (Å²) in [6.45, 7) is 8.24. The topological polar surface area (TPSA) is 81.8 Å². The van der Waals surface area contributed by atoms with E-state index in [1.165, 1.54) is 0 Å². The SMILES string of the molecule is CCN(CC)CCCNC(=O)c1ccc(NC(=O)C2CC(=O)N(c3ccccc3)C2)cc1. The number of anilines is 2. The van der Waals surface area contributed by atoms with Crippen LogP contribution < -0.4 is 15.5 Å². The lowest BCUT2D eigenvalue weighted by Gasteiger charge is -2.17. The number of carbonyl (C=O) groups excluding carboxylic acids is 3. The van der Waals surface area contributed by atoms with Crippen molar-refractivity contribution in [1.29, 1.82) is 0 Å². The van der Waals surface area contributed by atoms with Crippen molar-refractivity contribution < 1.29 is 14.4 Å². The molecule has 1 atom stereocenters. The quantitative estimate of drug-likeness (QED) is 0.561. The summed E-state index contributed by atoms with van der Waals surface area (Å²) < 4.78 is 0. The Balaban J connectivity index is 1.47. The van der Waals surface area contributed by atoms with Crippen LogP contribution in [0.25, 0.3) is 0 Å². The number of nitrogens with zero attached hydrogens (tertiary/aromatic N) is 2. The zero-order valence-electron chi connectivity index (χ0n) is 18.8. The number of benzene rings is 2. The van der Waals surface area contributed by atoms with Gasteiger partial charge in [0.15, 0.2) is 0 Å². The van der Waals surface area contributed by atoms with Crippen LogP contribution >= 0.6 is 0 Å². The number of amides is 3. The van der Waals surface area contributed by atoms with Crippen LogP contribution in [0.4, 0.5) is 11.4 Å². The molecular formula is C25H32N4O3. The van der Waals surface area contributed by atoms with E-state index in [9.17, 15) is 14.4 Å². The van der Waals surface area contributed by atoms with Crippen molar-refractivity contribution in [1.82, 2.24) is 10.2 Å². The van der Waals surface area contributed by atoms with Gasteiger partial charge in [-0.05, 0) is 62.5 Å². The third kappa shape index (κ3) is 6.17. The average Bonchev–Trinajstić information content (AvgIpc) is 3.22. The van der Waals surface area contributed by atoms with Crippen molar-refractivity contribution in [2.45, 2.75) is 26.7 Å². The zero-order chi connectivity index (χ0) is 22.9. The molecule has 0 radical (unpaired) electrons. The van der Waals surface area contributed by atoms with E-state index in [1.807, 2.05) is 30.3 Å². The fraction of sp³-hybridized carbons (Fsp3) is 0.400. The highest BCUT2D eigenvalue weighted by molar-refractivity contribution is 6.03. The molecule has 3 rings (SSSR count). The average molecular weight is 437 g/mol. The monoisotopic (exact) mass is 436 g/mol. The molecule has 1 aliphatic heterocycles. The fourth-order valence-corrected chi connectivity index (χ4v) is 3.84. The Labute approximate surface area is 189 Å². The standard InChI is InChI=1S/C25H32N4O3/c1-3-28(4-2)16-8-15-26-24(31)19-11-13-21(14-12-19)27-25(32)20-17-23(30)29(18-20)22-9-6-5-7-10-22/h5-7,9-14,20H,3-4,8,15-18H2,1-2H3,(H,26,31)(H,27,32). The smallest absolute Gasteiger partial charge is 0.251 e. The summed E-state index contributed by atoms with van der Waals surface area (Å²) in [4.78, 5) is 41.3. The molecule has 0 saturated carbocycles. The summed E-state index contributed by atoms with van der Waals surface area (Å²) in [6, 6.07) is 16.2. The molecule has 1 fully saturated rings. The molecule has 32 heavy (non-hydrogen) atoms. The van der Waals surface area contributed by atoms with Gasteiger partial charge in [0.2, 0.25) is 11.8 Å². The van der Waals surface area contributed by atoms with Gasteiger partial charge in [-0.2, -0.15) is 0 Å². The fourth-order valence-electron chi connectivity index (χ4n) is 3.84. The van der Waals surface area contributed by atoms with Crippen molar-refractivity contribution in [3.8, 4) is 0 Å². The predicted molar refractivity (Wildman–Crippen MR) is 127 cm³/mol. The normalized spacial score (nSPS) is 15.8. The Morgan fingerprint density at radius 2 is 1.72 bits per heavy atom. The lowest BCUT2D eigenvalue weighted by Crippen LogP contribution is -2.30. The van der Waals surface area contributed by atoms with E-state index in [2.05, 4.69) is 29.4 Å². The highest BCUT2D eigenvalue weighted by Gasteiger charge is 2.35. The van der Waals surface area contributed by atoms with E-state index in [0.29, 0.717) is 24.3 Å². The van der Waals surface area contributed by atoms with Crippen LogP contribution in [0.15, 0.2) is 54.6 Å². The third-order valence-electron chi connectivity index (χ3n) is 5.81. The maximum Gasteiger partial charge on any atom is 0.251 e. The Kier molecular flexibility index (Phi) is 8.39. The van der Waals surface area contributed by atoms with Crippen LogP contribution in [0.2, 0.25) is 0 Å². The molecule has 1 aliphatic rings. The molecule has 2 N–H and O–H groups in total. The van der Waals surface area contributed by atoms with E-state index in [4.69, 9.17) is 0 Å². The number of para-hydroxylation sites is 1. The first-order valence-corrected chi connectivity index (χ1v) is 11.3. The molecule has 1 heterocycles. The molecule has 1 unspecified atom stereocenters. The summed E-state index contributed by atoms with van der Waals surface area (Å²) in [5.74, 6) is -0.770. The van der Waals surface area contributed by atoms with E-state index in [-0.39, 0.29) is 24.1 Å². The number of nitrogens with one attached hydrogen (secondary N) is 2. The summed E-state index contributed by atoms with van der Waals surface area (Å²) in [6.07, 6.45) is 1.09. The number of rotatable bonds is 10. The summed E-state index contributed by atoms with van der Waals surface area (Å²) in [5.41, 5.74) is 1.97. The lowest BCUT2D eigenvalue weighted by molar-refractivity contribution is -0.122. The third-order valence-corrected chi connectivity index (χ3v) is 5.81. The van der Waals surface area contributed by atoms with Crippen LogP contribution in [-0.2, 0) is 9.59 Å². The molecule has 7 nitrogen and oxygen atoms in total. The van der Waals surface area contributed by atoms with E-state index in [1.54, 1.807) is 29.2 Å². The minimum absolute atomic E-state index is 0.0515. The second-order valence-corrected chi connectivity index (χ2v) is 7.94. The number of hydrogen-bond donors (Lipinski definition) is 2. The maximum absolute atomic E-state index is 12.7. The second-order valence-electron chi connectivity index (χ2n) is 7.94. The van der Waals surface area contributed by atoms with Gasteiger partial charge in [0.25, 0.3) is 5.91 Å². The highest BCUT2D eigenvalue weighted by atomic mass is 16.2. The van der Waals surface area contributed by atoms with Crippen LogP contribution in [0.3, 0.4) is 0 Å². The van der Waals surface area contributed by atoms with Crippen LogP contribution in [0.1, 0.15) is 37.0 Å². The van der Waals surface area contributed by atoms with Crippen molar-refractivity contribution >= 4 is 29.1 Å². The van der Waals surface area contributed by atoms with Crippen LogP contribution in [0.5, 0.6) is 0 Å². The Morgan fingerprint density at radius 1 is 1.03 bits per heavy atom. The second kappa shape index (κ2) is 11.4. The van der Waals surface area contributed by atoms with Gasteiger partial charge in [-0.3, -0.25) is 14.4 Å². The molecule has 1 saturated heterocycles. The van der Waals surface area contributed by atoms with Crippen molar-refractivity contribution in [3.05, 3.63) is 60.2 Å². The highest BCUT2D eigenvalue weighted by Crippen LogP contribution is 2.25. The maximum atomic E-state index is 12.7. The Morgan fingerprint density at radius 3 is 2.38 bits per heavy atom. The van der Waals surface area contributed by atoms with Crippen molar-refractivity contribution in [3.63, 3.8) is 0 Å². The summed E-state index contributed by atoms with van der Waals surface area (Å²) in [5, 5.41) is 5.80. The van der Waals surface area contributed by atoms with Gasteiger partial charge >= 0.3 is 0 Å². The molecule has 0 spiro atoms. The molecule has 3 amide bonds. The van der Waals surface area contributed by atoms with Crippen LogP contribution in [0, 0.1) is 5.92 Å². The molecule has 170 valence electrons. The summed E-state index contributed by atoms with van der Waals surface area (Å²) >= 11 is 0. The lowest BCUT2D eigenvalue weighted by atomic mass is 10.1. The molecule has 0 aromatic heterocycles. The molecule has 2 aromatic rings. The first kappa shape index (κ1) is 23.5. The van der Waals surface area contributed by atoms with E-state index < -0.39 is 5.92 Å². The first-order chi connectivity index (χ1) is 15.5. The van der Waals surface area contributed by atoms with Gasteiger partial charge in [0, 0.05) is 36.4 Å². The first-order valence-electron chi connectivity index (χ1n) is 11.3. The van der Waals surface area contributed by atoms with Crippen LogP contribution in [-0.4, -0.2) is 55.3 Å². The summed E-state index contributed by atoms with van der Waals surface area (Å²) in [7, 11) is 0. The van der Waals surface area contributed by atoms with Crippen molar-refractivity contribution in [2.24, 2.45) is 5.92 Å². The van der Waals surface area contributed by atoms with Gasteiger partial charge in [-0.1, -0.05) is 32.0 Å². The number of hydrogen-bond acceptors (Lipinski definition) is 4. The van der Waals surface area contributed by atoms with E-state index in [0.717, 1.165) is 31.7 Å². The van der Waals surface area contributed by atoms with Gasteiger partial charge in [0.1, 0.15) is 0 Å². The largest absolute Gasteiger partial charge is 0.352 e. The van der Waals surface area contributed by atoms with Crippen molar-refractivity contribution in [2.75, 3.05) is 42.9 Å². The minimum atomic E-state index is -0.406. The molecule has 0 aliphatic carbocycles. The number of carbonyl (C=O) groups is 3. The predicted octanol–water partition coefficient (Wildman–Crippen LogP) is 3.14. The Hall–Kier alpha value is -3.19. The molecule has 2 aromatic carbocycles. The van der Waals surface area contributed by atoms with E-state index >= 15 is 0 Å². The van der Waals surface area contributed by atoms with Gasteiger partial charge in [-0.25, -0.2) is 0 Å². The molecule has 0 bridgehead atoms. The van der Waals surface area contributed by atoms with Gasteiger partial charge in [0.05, 0.1) is 5.92 Å². The molecule has 7 heteroatoms.